The van der Waals surface area contributed by atoms with Crippen LogP contribution in [-0.4, -0.2) is 0 Å². The number of unbranched alkanes of at least 4 members (excludes halogenated alkanes) is 1. The van der Waals surface area contributed by atoms with Crippen LogP contribution in [0.4, 0.5) is 0 Å². The third-order valence-corrected chi connectivity index (χ3v) is 1.32. The highest BCUT2D eigenvalue weighted by Gasteiger charge is 1.95. The lowest BCUT2D eigenvalue weighted by Crippen LogP contribution is -1.93. The van der Waals surface area contributed by atoms with Gasteiger partial charge >= 0.3 is 0 Å². The average molecular weight is 305 g/mol. The molecule has 0 atom stereocenters. The molecule has 0 rings (SSSR count). The molecule has 0 bridgehead atoms. The van der Waals surface area contributed by atoms with Gasteiger partial charge in [0, 0.05) is 0 Å². The molecular weight excluding hydrogens is 252 g/mol. The summed E-state index contributed by atoms with van der Waals surface area (Å²) in [5, 5.41) is 0. The molecule has 0 N–H and O–H groups in total. The summed E-state index contributed by atoms with van der Waals surface area (Å²) in [7, 11) is 0. The van der Waals surface area contributed by atoms with Crippen LogP contribution in [0.5, 0.6) is 0 Å². The zero-order chi connectivity index (χ0) is 18.5. The summed E-state index contributed by atoms with van der Waals surface area (Å²) in [5.41, 5.74) is 0.500. The molecular formula is C21H52. The lowest BCUT2D eigenvalue weighted by Gasteiger charge is -2.05. The van der Waals surface area contributed by atoms with Crippen LogP contribution < -0.4 is 0 Å². The van der Waals surface area contributed by atoms with Gasteiger partial charge in [-0.2, -0.15) is 0 Å². The van der Waals surface area contributed by atoms with Gasteiger partial charge < -0.3 is 0 Å². The van der Waals surface area contributed by atoms with Crippen molar-refractivity contribution in [2.24, 2.45) is 17.3 Å². The maximum Gasteiger partial charge on any atom is -0.0411 e. The van der Waals surface area contributed by atoms with Crippen LogP contribution >= 0.6 is 0 Å². The van der Waals surface area contributed by atoms with E-state index in [2.05, 4.69) is 96.9 Å². The topological polar surface area (TPSA) is 0 Å². The van der Waals surface area contributed by atoms with Gasteiger partial charge in [-0.1, -0.05) is 123 Å². The zero-order valence-corrected chi connectivity index (χ0v) is 18.5. The molecule has 0 radical (unpaired) electrons. The van der Waals surface area contributed by atoms with E-state index in [1.54, 1.807) is 0 Å². The first kappa shape index (κ1) is 32.8. The standard InChI is InChI=1S/2C5H12.2C4H10.C3H8/c1-5(2,3)4;1-4-5(2)3;1-4(2)3;1-3-4-2;1-3-2/h1-4H3;5H,4H2,1-3H3;4H,1-3H3;3-4H2,1-2H3;3H2,1-2H3. The Labute approximate surface area is 140 Å². The minimum Gasteiger partial charge on any atom is -0.0656 e. The summed E-state index contributed by atoms with van der Waals surface area (Å²) in [4.78, 5) is 0. The molecule has 0 heterocycles. The molecule has 0 heteroatoms. The molecule has 136 valence electrons. The smallest absolute Gasteiger partial charge is 0.0411 e. The second-order valence-corrected chi connectivity index (χ2v) is 8.24. The molecule has 0 saturated carbocycles. The molecule has 0 aromatic heterocycles. The van der Waals surface area contributed by atoms with Crippen molar-refractivity contribution < 1.29 is 0 Å². The van der Waals surface area contributed by atoms with Crippen molar-refractivity contribution in [2.75, 3.05) is 0 Å². The van der Waals surface area contributed by atoms with Gasteiger partial charge in [-0.3, -0.25) is 0 Å². The van der Waals surface area contributed by atoms with Crippen LogP contribution in [0, 0.1) is 17.3 Å². The average Bonchev–Trinajstić information content (AvgIpc) is 2.27. The van der Waals surface area contributed by atoms with E-state index in [-0.39, 0.29) is 0 Å². The molecule has 0 unspecified atom stereocenters. The third kappa shape index (κ3) is 720. The molecule has 0 fully saturated rings. The predicted molar refractivity (Wildman–Crippen MR) is 107 cm³/mol. The molecule has 0 aliphatic heterocycles. The summed E-state index contributed by atoms with van der Waals surface area (Å²) in [6.45, 7) is 30.5. The zero-order valence-electron chi connectivity index (χ0n) is 18.5. The Morgan fingerprint density at radius 3 is 0.714 bits per heavy atom. The van der Waals surface area contributed by atoms with Gasteiger partial charge in [-0.05, 0) is 17.3 Å². The van der Waals surface area contributed by atoms with Gasteiger partial charge in [0.05, 0.1) is 0 Å². The second-order valence-electron chi connectivity index (χ2n) is 8.24. The summed E-state index contributed by atoms with van der Waals surface area (Å²) in [6.07, 6.45) is 5.19. The highest BCUT2D eigenvalue weighted by molar-refractivity contribution is 4.47. The Hall–Kier alpha value is 0. The van der Waals surface area contributed by atoms with Gasteiger partial charge in [0.2, 0.25) is 0 Å². The SMILES string of the molecule is CC(C)(C)C.CC(C)C.CCC.CCC(C)C.CCCC. The van der Waals surface area contributed by atoms with Crippen molar-refractivity contribution in [3.05, 3.63) is 0 Å². The van der Waals surface area contributed by atoms with Crippen LogP contribution in [0.25, 0.3) is 0 Å². The van der Waals surface area contributed by atoms with Crippen LogP contribution in [-0.2, 0) is 0 Å². The van der Waals surface area contributed by atoms with Gasteiger partial charge in [0.15, 0.2) is 0 Å². The molecule has 0 nitrogen and oxygen atoms in total. The minimum absolute atomic E-state index is 0.500. The molecule has 0 aromatic rings. The van der Waals surface area contributed by atoms with Crippen LogP contribution in [0.3, 0.4) is 0 Å². The van der Waals surface area contributed by atoms with Crippen molar-refractivity contribution in [3.8, 4) is 0 Å². The van der Waals surface area contributed by atoms with Gasteiger partial charge in [0.25, 0.3) is 0 Å². The van der Waals surface area contributed by atoms with E-state index in [1.807, 2.05) is 0 Å². The van der Waals surface area contributed by atoms with E-state index < -0.39 is 0 Å². The van der Waals surface area contributed by atoms with Gasteiger partial charge in [-0.25, -0.2) is 0 Å². The number of hydrogen-bond donors (Lipinski definition) is 0. The normalized spacial score (nSPS) is 9.14. The van der Waals surface area contributed by atoms with Crippen LogP contribution in [0.15, 0.2) is 0 Å². The fourth-order valence-electron chi connectivity index (χ4n) is 0. The minimum atomic E-state index is 0.500. The maximum atomic E-state index is 2.22. The quantitative estimate of drug-likeness (QED) is 0.477. The van der Waals surface area contributed by atoms with Crippen molar-refractivity contribution >= 4 is 0 Å². The first-order chi connectivity index (χ1) is 9.33. The molecule has 0 spiro atoms. The van der Waals surface area contributed by atoms with Crippen molar-refractivity contribution in [1.82, 2.24) is 0 Å². The Kier molecular flexibility index (Phi) is 44.1. The molecule has 0 amide bonds. The van der Waals surface area contributed by atoms with Gasteiger partial charge in [-0.15, -0.1) is 0 Å². The number of hydrogen-bond acceptors (Lipinski definition) is 0. The monoisotopic (exact) mass is 304 g/mol. The Balaban J connectivity index is -0.0000000514. The van der Waals surface area contributed by atoms with E-state index >= 15 is 0 Å². The Morgan fingerprint density at radius 2 is 0.714 bits per heavy atom. The summed E-state index contributed by atoms with van der Waals surface area (Å²) in [5.74, 6) is 1.72. The summed E-state index contributed by atoms with van der Waals surface area (Å²) in [6, 6.07) is 0. The van der Waals surface area contributed by atoms with E-state index in [0.717, 1.165) is 11.8 Å². The van der Waals surface area contributed by atoms with Gasteiger partial charge in [0.1, 0.15) is 0 Å². The largest absolute Gasteiger partial charge is 0.0656 e. The highest BCUT2D eigenvalue weighted by Crippen LogP contribution is 2.08. The first-order valence-corrected chi connectivity index (χ1v) is 9.33. The molecule has 0 aliphatic rings. The van der Waals surface area contributed by atoms with E-state index in [9.17, 15) is 0 Å². The molecule has 0 aliphatic carbocycles. The second kappa shape index (κ2) is 28.2. The van der Waals surface area contributed by atoms with Crippen LogP contribution in [0.2, 0.25) is 0 Å². The molecule has 0 saturated heterocycles. The fourth-order valence-corrected chi connectivity index (χ4v) is 0. The lowest BCUT2D eigenvalue weighted by atomic mass is 10.0. The maximum absolute atomic E-state index is 2.22. The first-order valence-electron chi connectivity index (χ1n) is 9.33. The third-order valence-electron chi connectivity index (χ3n) is 1.32. The molecule has 21 heavy (non-hydrogen) atoms. The fraction of sp³-hybridized carbons (Fsp3) is 1.00. The summed E-state index contributed by atoms with van der Waals surface area (Å²) >= 11 is 0. The van der Waals surface area contributed by atoms with E-state index in [0.29, 0.717) is 5.41 Å². The number of rotatable bonds is 2. The summed E-state index contributed by atoms with van der Waals surface area (Å²) < 4.78 is 0. The Morgan fingerprint density at radius 1 is 0.619 bits per heavy atom. The van der Waals surface area contributed by atoms with Crippen molar-refractivity contribution in [1.29, 1.82) is 0 Å². The molecule has 0 aromatic carbocycles. The lowest BCUT2D eigenvalue weighted by molar-refractivity contribution is 0.469. The van der Waals surface area contributed by atoms with E-state index in [4.69, 9.17) is 0 Å². The van der Waals surface area contributed by atoms with Crippen molar-refractivity contribution in [3.63, 3.8) is 0 Å². The predicted octanol–water partition coefficient (Wildman–Crippen LogP) is 8.99. The highest BCUT2D eigenvalue weighted by atomic mass is 14.0. The van der Waals surface area contributed by atoms with E-state index in [1.165, 1.54) is 25.7 Å². The van der Waals surface area contributed by atoms with Crippen LogP contribution in [0.1, 0.15) is 123 Å². The Bertz CT molecular complexity index is 104. The van der Waals surface area contributed by atoms with Crippen molar-refractivity contribution in [2.45, 2.75) is 123 Å².